The molecule has 0 aromatic heterocycles. The number of hydrogen-bond donors (Lipinski definition) is 1. The van der Waals surface area contributed by atoms with E-state index in [1.165, 1.54) is 0 Å². The molecule has 0 aliphatic heterocycles. The molecule has 82 valence electrons. The number of likely N-dealkylation sites (N-methyl/N-ethyl adjacent to an activating group) is 1. The Bertz CT molecular complexity index is 360. The summed E-state index contributed by atoms with van der Waals surface area (Å²) in [5.74, 6) is 0.192. The smallest absolute Gasteiger partial charge is 0.156 e. The van der Waals surface area contributed by atoms with Gasteiger partial charge >= 0.3 is 0 Å². The maximum Gasteiger partial charge on any atom is 0.156 e. The molecule has 0 radical (unpaired) electrons. The second-order valence-electron chi connectivity index (χ2n) is 4.07. The molecule has 0 fully saturated rings. The lowest BCUT2D eigenvalue weighted by Gasteiger charge is -2.22. The van der Waals surface area contributed by atoms with Crippen molar-refractivity contribution in [3.8, 4) is 0 Å². The average Bonchev–Trinajstić information content (AvgIpc) is 2.21. The van der Waals surface area contributed by atoms with Crippen molar-refractivity contribution in [1.29, 1.82) is 0 Å². The van der Waals surface area contributed by atoms with E-state index in [-0.39, 0.29) is 5.78 Å². The van der Waals surface area contributed by atoms with E-state index >= 15 is 0 Å². The second kappa shape index (κ2) is 4.90. The molecule has 0 unspecified atom stereocenters. The highest BCUT2D eigenvalue weighted by Gasteiger charge is 2.25. The minimum absolute atomic E-state index is 0.192. The number of carbonyl (C=O) groups is 1. The average molecular weight is 270 g/mol. The van der Waals surface area contributed by atoms with Crippen molar-refractivity contribution < 1.29 is 4.79 Å². The molecule has 0 spiro atoms. The van der Waals surface area contributed by atoms with Crippen LogP contribution in [0, 0.1) is 0 Å². The number of benzene rings is 1. The summed E-state index contributed by atoms with van der Waals surface area (Å²) in [7, 11) is 1.80. The van der Waals surface area contributed by atoms with Gasteiger partial charge < -0.3 is 5.32 Å². The van der Waals surface area contributed by atoms with Crippen LogP contribution in [0.15, 0.2) is 28.7 Å². The molecule has 2 nitrogen and oxygen atoms in total. The normalized spacial score (nSPS) is 11.5. The van der Waals surface area contributed by atoms with Gasteiger partial charge in [0.2, 0.25) is 0 Å². The molecule has 0 saturated heterocycles. The first-order chi connectivity index (χ1) is 6.97. The summed E-state index contributed by atoms with van der Waals surface area (Å²) in [5.41, 5.74) is 0.570. The molecule has 0 bridgehead atoms. The fourth-order valence-corrected chi connectivity index (χ4v) is 1.60. The van der Waals surface area contributed by atoms with Crippen LogP contribution >= 0.6 is 15.9 Å². The topological polar surface area (TPSA) is 29.1 Å². The fourth-order valence-electron chi connectivity index (χ4n) is 1.18. The quantitative estimate of drug-likeness (QED) is 0.911. The minimum Gasteiger partial charge on any atom is -0.308 e. The van der Waals surface area contributed by atoms with Crippen molar-refractivity contribution in [2.45, 2.75) is 25.8 Å². The first-order valence-corrected chi connectivity index (χ1v) is 5.72. The third kappa shape index (κ3) is 3.14. The van der Waals surface area contributed by atoms with Gasteiger partial charge in [0, 0.05) is 10.9 Å². The summed E-state index contributed by atoms with van der Waals surface area (Å²) in [6.45, 7) is 3.79. The van der Waals surface area contributed by atoms with Gasteiger partial charge in [-0.05, 0) is 32.5 Å². The number of nitrogens with one attached hydrogen (secondary N) is 1. The highest BCUT2D eigenvalue weighted by Crippen LogP contribution is 2.18. The zero-order valence-electron chi connectivity index (χ0n) is 9.30. The van der Waals surface area contributed by atoms with Crippen LogP contribution in [0.25, 0.3) is 0 Å². The van der Waals surface area contributed by atoms with E-state index in [0.717, 1.165) is 10.0 Å². The van der Waals surface area contributed by atoms with Crippen molar-refractivity contribution in [3.05, 3.63) is 34.3 Å². The Kier molecular flexibility index (Phi) is 4.05. The van der Waals surface area contributed by atoms with Crippen LogP contribution < -0.4 is 5.32 Å². The second-order valence-corrected chi connectivity index (χ2v) is 4.92. The lowest BCUT2D eigenvalue weighted by atomic mass is 9.94. The van der Waals surface area contributed by atoms with Gasteiger partial charge in [-0.1, -0.05) is 34.1 Å². The lowest BCUT2D eigenvalue weighted by molar-refractivity contribution is -0.123. The molecule has 0 aliphatic rings. The van der Waals surface area contributed by atoms with E-state index in [4.69, 9.17) is 0 Å². The Morgan fingerprint density at radius 3 is 2.53 bits per heavy atom. The predicted octanol–water partition coefficient (Wildman–Crippen LogP) is 2.56. The predicted molar refractivity (Wildman–Crippen MR) is 66.0 cm³/mol. The molecule has 0 heterocycles. The third-order valence-electron chi connectivity index (χ3n) is 2.63. The SMILES string of the molecule is CNC(C)(C)C(=O)Cc1ccccc1Br. The first-order valence-electron chi connectivity index (χ1n) is 4.93. The molecular weight excluding hydrogens is 254 g/mol. The summed E-state index contributed by atoms with van der Waals surface area (Å²) < 4.78 is 0.991. The molecule has 3 heteroatoms. The van der Waals surface area contributed by atoms with Crippen molar-refractivity contribution in [2.24, 2.45) is 0 Å². The van der Waals surface area contributed by atoms with Crippen molar-refractivity contribution in [3.63, 3.8) is 0 Å². The number of hydrogen-bond acceptors (Lipinski definition) is 2. The molecule has 1 rings (SSSR count). The monoisotopic (exact) mass is 269 g/mol. The van der Waals surface area contributed by atoms with E-state index in [9.17, 15) is 4.79 Å². The minimum atomic E-state index is -0.463. The molecule has 1 aromatic carbocycles. The molecule has 15 heavy (non-hydrogen) atoms. The van der Waals surface area contributed by atoms with Gasteiger partial charge in [0.25, 0.3) is 0 Å². The Hall–Kier alpha value is -0.670. The number of ketones is 1. The molecule has 0 amide bonds. The Morgan fingerprint density at radius 2 is 2.00 bits per heavy atom. The Balaban J connectivity index is 2.80. The standard InChI is InChI=1S/C12H16BrNO/c1-12(2,14-3)11(15)8-9-6-4-5-7-10(9)13/h4-7,14H,8H2,1-3H3. The van der Waals surface area contributed by atoms with Crippen LogP contribution in [0.3, 0.4) is 0 Å². The third-order valence-corrected chi connectivity index (χ3v) is 3.40. The Morgan fingerprint density at radius 1 is 1.40 bits per heavy atom. The summed E-state index contributed by atoms with van der Waals surface area (Å²) >= 11 is 3.44. The molecule has 0 saturated carbocycles. The summed E-state index contributed by atoms with van der Waals surface area (Å²) in [4.78, 5) is 11.9. The highest BCUT2D eigenvalue weighted by molar-refractivity contribution is 9.10. The van der Waals surface area contributed by atoms with Gasteiger partial charge in [-0.2, -0.15) is 0 Å². The molecule has 1 N–H and O–H groups in total. The number of Topliss-reactive ketones (excluding diaryl/α,β-unsaturated/α-hetero) is 1. The van der Waals surface area contributed by atoms with Gasteiger partial charge in [-0.3, -0.25) is 4.79 Å². The zero-order valence-corrected chi connectivity index (χ0v) is 10.9. The van der Waals surface area contributed by atoms with Gasteiger partial charge in [-0.15, -0.1) is 0 Å². The van der Waals surface area contributed by atoms with Crippen molar-refractivity contribution in [2.75, 3.05) is 7.05 Å². The van der Waals surface area contributed by atoms with E-state index in [1.54, 1.807) is 7.05 Å². The maximum atomic E-state index is 11.9. The van der Waals surface area contributed by atoms with Gasteiger partial charge in [0.05, 0.1) is 5.54 Å². The summed E-state index contributed by atoms with van der Waals surface area (Å²) in [6, 6.07) is 7.81. The molecule has 1 aromatic rings. The molecule has 0 aliphatic carbocycles. The van der Waals surface area contributed by atoms with Crippen LogP contribution in [0.5, 0.6) is 0 Å². The number of halogens is 1. The van der Waals surface area contributed by atoms with E-state index < -0.39 is 5.54 Å². The summed E-state index contributed by atoms with van der Waals surface area (Å²) in [6.07, 6.45) is 0.454. The van der Waals surface area contributed by atoms with Gasteiger partial charge in [0.15, 0.2) is 5.78 Å². The molecule has 0 atom stereocenters. The molecular formula is C12H16BrNO. The Labute approximate surface area is 99.2 Å². The first kappa shape index (κ1) is 12.4. The van der Waals surface area contributed by atoms with Crippen LogP contribution in [-0.4, -0.2) is 18.4 Å². The largest absolute Gasteiger partial charge is 0.308 e. The fraction of sp³-hybridized carbons (Fsp3) is 0.417. The lowest BCUT2D eigenvalue weighted by Crippen LogP contribution is -2.45. The van der Waals surface area contributed by atoms with E-state index in [0.29, 0.717) is 6.42 Å². The number of carbonyl (C=O) groups excluding carboxylic acids is 1. The highest BCUT2D eigenvalue weighted by atomic mass is 79.9. The van der Waals surface area contributed by atoms with Crippen LogP contribution in [-0.2, 0) is 11.2 Å². The van der Waals surface area contributed by atoms with Crippen molar-refractivity contribution >= 4 is 21.7 Å². The maximum absolute atomic E-state index is 11.9. The van der Waals surface area contributed by atoms with Crippen LogP contribution in [0.2, 0.25) is 0 Å². The van der Waals surface area contributed by atoms with Crippen molar-refractivity contribution in [1.82, 2.24) is 5.32 Å². The van der Waals surface area contributed by atoms with Crippen LogP contribution in [0.1, 0.15) is 19.4 Å². The van der Waals surface area contributed by atoms with E-state index in [1.807, 2.05) is 38.1 Å². The summed E-state index contributed by atoms with van der Waals surface area (Å²) in [5, 5.41) is 3.02. The van der Waals surface area contributed by atoms with E-state index in [2.05, 4.69) is 21.2 Å². The van der Waals surface area contributed by atoms with Gasteiger partial charge in [0.1, 0.15) is 0 Å². The van der Waals surface area contributed by atoms with Gasteiger partial charge in [-0.25, -0.2) is 0 Å². The zero-order chi connectivity index (χ0) is 11.5. The number of rotatable bonds is 4. The van der Waals surface area contributed by atoms with Crippen LogP contribution in [0.4, 0.5) is 0 Å².